The van der Waals surface area contributed by atoms with Crippen LogP contribution in [0.4, 0.5) is 0 Å². The molecule has 4 nitrogen and oxygen atoms in total. The van der Waals surface area contributed by atoms with E-state index >= 15 is 0 Å². The predicted molar refractivity (Wildman–Crippen MR) is 156 cm³/mol. The Morgan fingerprint density at radius 1 is 0.895 bits per heavy atom. The van der Waals surface area contributed by atoms with Gasteiger partial charge in [-0.05, 0) is 65.7 Å². The van der Waals surface area contributed by atoms with E-state index in [9.17, 15) is 5.11 Å². The van der Waals surface area contributed by atoms with Gasteiger partial charge in [-0.1, -0.05) is 96.5 Å². The Balaban J connectivity index is 1.79. The lowest BCUT2D eigenvalue weighted by molar-refractivity contribution is 0.0118. The number of hydrogen-bond acceptors (Lipinski definition) is 4. The first-order chi connectivity index (χ1) is 18.5. The molecule has 2 N–H and O–H groups in total. The molecule has 5 heteroatoms. The predicted octanol–water partition coefficient (Wildman–Crippen LogP) is 7.19. The van der Waals surface area contributed by atoms with E-state index in [-0.39, 0.29) is 0 Å². The normalized spacial score (nSPS) is 13.7. The van der Waals surface area contributed by atoms with Crippen LogP contribution in [0.1, 0.15) is 29.0 Å². The summed E-state index contributed by atoms with van der Waals surface area (Å²) in [6, 6.07) is 34.3. The lowest BCUT2D eigenvalue weighted by atomic mass is 9.70. The van der Waals surface area contributed by atoms with Gasteiger partial charge in [0.2, 0.25) is 5.88 Å². The van der Waals surface area contributed by atoms with E-state index in [4.69, 9.17) is 21.3 Å². The van der Waals surface area contributed by atoms with Gasteiger partial charge in [-0.2, -0.15) is 0 Å². The standard InChI is InChI=1S/C33H31ClN2O2/c1-35-20-19-33(37,30-14-8-12-24-9-6-7-13-28(24)30)31(25-10-4-3-5-11-25)29-21-26(22-36-32(29)38-2)23-15-17-27(34)18-16-23/h3-18,21-22,31,35,37H,19-20H2,1-2H3/t31-,33-/m1/s1. The summed E-state index contributed by atoms with van der Waals surface area (Å²) >= 11 is 6.16. The zero-order valence-electron chi connectivity index (χ0n) is 21.6. The van der Waals surface area contributed by atoms with Crippen LogP contribution in [-0.4, -0.2) is 30.8 Å². The molecule has 0 aliphatic heterocycles. The number of pyridine rings is 1. The molecule has 0 aliphatic rings. The molecule has 4 aromatic carbocycles. The molecule has 1 heterocycles. The molecule has 0 spiro atoms. The van der Waals surface area contributed by atoms with E-state index in [1.807, 2.05) is 73.8 Å². The molecular weight excluding hydrogens is 492 g/mol. The third-order valence-electron chi connectivity index (χ3n) is 7.18. The molecular formula is C33H31ClN2O2. The average molecular weight is 523 g/mol. The summed E-state index contributed by atoms with van der Waals surface area (Å²) in [5, 5.41) is 19.0. The van der Waals surface area contributed by atoms with E-state index in [1.54, 1.807) is 13.3 Å². The van der Waals surface area contributed by atoms with Gasteiger partial charge in [-0.3, -0.25) is 0 Å². The fourth-order valence-electron chi connectivity index (χ4n) is 5.36. The number of halogens is 1. The molecule has 1 aromatic heterocycles. The fourth-order valence-corrected chi connectivity index (χ4v) is 5.48. The topological polar surface area (TPSA) is 54.4 Å². The zero-order chi connectivity index (χ0) is 26.5. The number of hydrogen-bond donors (Lipinski definition) is 2. The molecule has 38 heavy (non-hydrogen) atoms. The van der Waals surface area contributed by atoms with Gasteiger partial charge in [0.05, 0.1) is 7.11 Å². The molecule has 0 radical (unpaired) electrons. The second kappa shape index (κ2) is 11.4. The summed E-state index contributed by atoms with van der Waals surface area (Å²) in [6.45, 7) is 0.621. The van der Waals surface area contributed by atoms with Crippen molar-refractivity contribution in [3.05, 3.63) is 131 Å². The third kappa shape index (κ3) is 5.03. The maximum absolute atomic E-state index is 13.0. The lowest BCUT2D eigenvalue weighted by Crippen LogP contribution is -2.37. The van der Waals surface area contributed by atoms with Gasteiger partial charge in [0.15, 0.2) is 0 Å². The summed E-state index contributed by atoms with van der Waals surface area (Å²) in [6.07, 6.45) is 2.28. The Kier molecular flexibility index (Phi) is 7.75. The molecule has 2 atom stereocenters. The first kappa shape index (κ1) is 25.9. The monoisotopic (exact) mass is 522 g/mol. The second-order valence-electron chi connectivity index (χ2n) is 9.48. The van der Waals surface area contributed by atoms with Crippen molar-refractivity contribution in [1.82, 2.24) is 10.3 Å². The van der Waals surface area contributed by atoms with Crippen LogP contribution >= 0.6 is 11.6 Å². The van der Waals surface area contributed by atoms with Crippen molar-refractivity contribution in [2.24, 2.45) is 0 Å². The van der Waals surface area contributed by atoms with E-state index in [0.29, 0.717) is 23.9 Å². The highest BCUT2D eigenvalue weighted by atomic mass is 35.5. The number of nitrogens with one attached hydrogen (secondary N) is 1. The Morgan fingerprint density at radius 2 is 1.61 bits per heavy atom. The van der Waals surface area contributed by atoms with E-state index < -0.39 is 11.5 Å². The van der Waals surface area contributed by atoms with Gasteiger partial charge in [0.1, 0.15) is 5.60 Å². The molecule has 5 aromatic rings. The van der Waals surface area contributed by atoms with Gasteiger partial charge >= 0.3 is 0 Å². The number of aromatic nitrogens is 1. The van der Waals surface area contributed by atoms with Gasteiger partial charge < -0.3 is 15.2 Å². The summed E-state index contributed by atoms with van der Waals surface area (Å²) < 4.78 is 5.82. The first-order valence-corrected chi connectivity index (χ1v) is 13.1. The number of methoxy groups -OCH3 is 1. The summed E-state index contributed by atoms with van der Waals surface area (Å²) in [7, 11) is 3.53. The number of aliphatic hydroxyl groups is 1. The van der Waals surface area contributed by atoms with Crippen molar-refractivity contribution in [2.75, 3.05) is 20.7 Å². The molecule has 0 saturated heterocycles. The molecule has 192 valence electrons. The van der Waals surface area contributed by atoms with Crippen LogP contribution in [0.3, 0.4) is 0 Å². The number of fused-ring (bicyclic) bond motifs is 1. The molecule has 0 amide bonds. The lowest BCUT2D eigenvalue weighted by Gasteiger charge is -2.39. The van der Waals surface area contributed by atoms with Crippen LogP contribution < -0.4 is 10.1 Å². The fraction of sp³-hybridized carbons (Fsp3) is 0.182. The van der Waals surface area contributed by atoms with Crippen LogP contribution in [0, 0.1) is 0 Å². The SMILES string of the molecule is CNCC[C@@](O)(c1cccc2ccccc12)[C@H](c1ccccc1)c1cc(-c2ccc(Cl)cc2)cnc1OC. The molecule has 0 aliphatic carbocycles. The van der Waals surface area contributed by atoms with E-state index in [2.05, 4.69) is 41.7 Å². The van der Waals surface area contributed by atoms with Gasteiger partial charge in [-0.25, -0.2) is 4.98 Å². The molecule has 5 rings (SSSR count). The smallest absolute Gasteiger partial charge is 0.217 e. The largest absolute Gasteiger partial charge is 0.481 e. The maximum atomic E-state index is 13.0. The minimum Gasteiger partial charge on any atom is -0.481 e. The minimum atomic E-state index is -1.28. The maximum Gasteiger partial charge on any atom is 0.217 e. The number of nitrogens with zero attached hydrogens (tertiary/aromatic N) is 1. The first-order valence-electron chi connectivity index (χ1n) is 12.7. The molecule has 0 unspecified atom stereocenters. The molecule has 0 saturated carbocycles. The summed E-state index contributed by atoms with van der Waals surface area (Å²) in [5.74, 6) is 0.0252. The van der Waals surface area contributed by atoms with Crippen LogP contribution in [0.25, 0.3) is 21.9 Å². The van der Waals surface area contributed by atoms with Crippen LogP contribution in [0.15, 0.2) is 109 Å². The Hall–Kier alpha value is -3.70. The van der Waals surface area contributed by atoms with Gasteiger partial charge in [-0.15, -0.1) is 0 Å². The minimum absolute atomic E-state index is 0.461. The van der Waals surface area contributed by atoms with Crippen molar-refractivity contribution in [3.8, 4) is 17.0 Å². The van der Waals surface area contributed by atoms with Gasteiger partial charge in [0, 0.05) is 28.3 Å². The summed E-state index contributed by atoms with van der Waals surface area (Å²) in [4.78, 5) is 4.71. The van der Waals surface area contributed by atoms with Gasteiger partial charge in [0.25, 0.3) is 0 Å². The second-order valence-corrected chi connectivity index (χ2v) is 9.91. The van der Waals surface area contributed by atoms with E-state index in [1.165, 1.54) is 0 Å². The molecule has 0 bridgehead atoms. The van der Waals surface area contributed by atoms with Crippen LogP contribution in [0.2, 0.25) is 5.02 Å². The highest BCUT2D eigenvalue weighted by Gasteiger charge is 2.42. The Bertz CT molecular complexity index is 1520. The Morgan fingerprint density at radius 3 is 2.34 bits per heavy atom. The van der Waals surface area contributed by atoms with E-state index in [0.717, 1.165) is 38.6 Å². The van der Waals surface area contributed by atoms with Crippen molar-refractivity contribution in [2.45, 2.75) is 17.9 Å². The number of benzene rings is 4. The average Bonchev–Trinajstić information content (AvgIpc) is 2.97. The van der Waals surface area contributed by atoms with Crippen LogP contribution in [0.5, 0.6) is 5.88 Å². The highest BCUT2D eigenvalue weighted by Crippen LogP contribution is 2.48. The van der Waals surface area contributed by atoms with Crippen molar-refractivity contribution in [3.63, 3.8) is 0 Å². The quantitative estimate of drug-likeness (QED) is 0.215. The van der Waals surface area contributed by atoms with Crippen LogP contribution in [-0.2, 0) is 5.60 Å². The zero-order valence-corrected chi connectivity index (χ0v) is 22.3. The molecule has 0 fully saturated rings. The Labute approximate surface area is 228 Å². The third-order valence-corrected chi connectivity index (χ3v) is 7.44. The number of rotatable bonds is 9. The highest BCUT2D eigenvalue weighted by molar-refractivity contribution is 6.30. The van der Waals surface area contributed by atoms with Crippen molar-refractivity contribution >= 4 is 22.4 Å². The van der Waals surface area contributed by atoms with Crippen molar-refractivity contribution < 1.29 is 9.84 Å². The van der Waals surface area contributed by atoms with Crippen molar-refractivity contribution in [1.29, 1.82) is 0 Å². The summed E-state index contributed by atoms with van der Waals surface area (Å²) in [5.41, 5.74) is 3.30. The number of ether oxygens (including phenoxy) is 1.